The molecule has 2 rings (SSSR count). The largest absolute Gasteiger partial charge is 0.486 e. The smallest absolute Gasteiger partial charge is 0.225 e. The molecule has 5 nitrogen and oxygen atoms in total. The number of hydrogen-bond acceptors (Lipinski definition) is 5. The van der Waals surface area contributed by atoms with E-state index in [-0.39, 0.29) is 11.8 Å². The number of benzene rings is 1. The molecule has 0 bridgehead atoms. The third-order valence-corrected chi connectivity index (χ3v) is 4.62. The van der Waals surface area contributed by atoms with E-state index in [1.807, 2.05) is 31.4 Å². The Kier molecular flexibility index (Phi) is 7.68. The van der Waals surface area contributed by atoms with E-state index in [4.69, 9.17) is 21.1 Å². The van der Waals surface area contributed by atoms with Gasteiger partial charge in [-0.2, -0.15) is 0 Å². The Morgan fingerprint density at radius 2 is 2.04 bits per heavy atom. The number of hydrogen-bond donors (Lipinski definition) is 0. The lowest BCUT2D eigenvalue weighted by Gasteiger charge is -2.23. The molecule has 0 atom stereocenters. The zero-order valence-electron chi connectivity index (χ0n) is 14.7. The van der Waals surface area contributed by atoms with Gasteiger partial charge in [0, 0.05) is 30.0 Å². The summed E-state index contributed by atoms with van der Waals surface area (Å²) in [6, 6.07) is 7.22. The highest BCUT2D eigenvalue weighted by atomic mass is 35.5. The van der Waals surface area contributed by atoms with Crippen molar-refractivity contribution in [2.24, 2.45) is 5.92 Å². The van der Waals surface area contributed by atoms with E-state index in [0.29, 0.717) is 31.3 Å². The minimum Gasteiger partial charge on any atom is -0.486 e. The average molecular weight is 383 g/mol. The molecule has 0 saturated carbocycles. The van der Waals surface area contributed by atoms with Gasteiger partial charge in [0.05, 0.1) is 18.8 Å². The second-order valence-corrected chi connectivity index (χ2v) is 7.26. The van der Waals surface area contributed by atoms with Crippen molar-refractivity contribution in [2.75, 3.05) is 20.3 Å². The number of thiazole rings is 1. The zero-order valence-corrected chi connectivity index (χ0v) is 16.3. The highest BCUT2D eigenvalue weighted by molar-refractivity contribution is 7.09. The predicted molar refractivity (Wildman–Crippen MR) is 100 cm³/mol. The first-order chi connectivity index (χ1) is 12.0. The van der Waals surface area contributed by atoms with E-state index in [1.54, 1.807) is 24.1 Å². The van der Waals surface area contributed by atoms with E-state index in [2.05, 4.69) is 4.98 Å². The first-order valence-electron chi connectivity index (χ1n) is 8.09. The highest BCUT2D eigenvalue weighted by Gasteiger charge is 2.18. The molecule has 0 saturated heterocycles. The summed E-state index contributed by atoms with van der Waals surface area (Å²) in [5, 5.41) is 3.51. The maximum atomic E-state index is 12.3. The van der Waals surface area contributed by atoms with Gasteiger partial charge in [0.1, 0.15) is 17.4 Å². The van der Waals surface area contributed by atoms with Crippen molar-refractivity contribution < 1.29 is 14.3 Å². The Bertz CT molecular complexity index is 673. The molecule has 0 aliphatic carbocycles. The summed E-state index contributed by atoms with van der Waals surface area (Å²) < 4.78 is 10.8. The fraction of sp³-hybridized carbons (Fsp3) is 0.444. The van der Waals surface area contributed by atoms with Gasteiger partial charge < -0.3 is 14.4 Å². The van der Waals surface area contributed by atoms with Gasteiger partial charge in [-0.05, 0) is 24.3 Å². The molecule has 0 spiro atoms. The van der Waals surface area contributed by atoms with Gasteiger partial charge in [0.15, 0.2) is 0 Å². The minimum atomic E-state index is -0.0526. The first kappa shape index (κ1) is 19.7. The van der Waals surface area contributed by atoms with E-state index < -0.39 is 0 Å². The van der Waals surface area contributed by atoms with Crippen LogP contribution in [0.5, 0.6) is 5.75 Å². The monoisotopic (exact) mass is 382 g/mol. The Labute approximate surface area is 157 Å². The molecule has 0 aliphatic rings. The Balaban J connectivity index is 1.93. The number of carbonyl (C=O) groups is 1. The molecule has 0 radical (unpaired) electrons. The van der Waals surface area contributed by atoms with Crippen LogP contribution in [0.15, 0.2) is 29.6 Å². The van der Waals surface area contributed by atoms with Gasteiger partial charge in [0.25, 0.3) is 0 Å². The van der Waals surface area contributed by atoms with Crippen molar-refractivity contribution in [3.8, 4) is 5.75 Å². The molecule has 25 heavy (non-hydrogen) atoms. The molecular weight excluding hydrogens is 360 g/mol. The Morgan fingerprint density at radius 1 is 1.32 bits per heavy atom. The van der Waals surface area contributed by atoms with Gasteiger partial charge in [0.2, 0.25) is 5.91 Å². The number of ether oxygens (including phenoxy) is 2. The number of carbonyl (C=O) groups excluding carboxylic acids is 1. The molecule has 0 aliphatic heterocycles. The quantitative estimate of drug-likeness (QED) is 0.657. The predicted octanol–water partition coefficient (Wildman–Crippen LogP) is 4.01. The summed E-state index contributed by atoms with van der Waals surface area (Å²) in [5.74, 6) is 0.796. The summed E-state index contributed by atoms with van der Waals surface area (Å²) in [7, 11) is 1.63. The molecule has 1 aromatic heterocycles. The van der Waals surface area contributed by atoms with Crippen LogP contribution in [0.2, 0.25) is 5.02 Å². The molecule has 1 amide bonds. The summed E-state index contributed by atoms with van der Waals surface area (Å²) >= 11 is 7.38. The van der Waals surface area contributed by atoms with Crippen molar-refractivity contribution in [1.29, 1.82) is 0 Å². The topological polar surface area (TPSA) is 51.7 Å². The van der Waals surface area contributed by atoms with Crippen LogP contribution in [0.25, 0.3) is 0 Å². The van der Waals surface area contributed by atoms with Crippen molar-refractivity contribution in [3.63, 3.8) is 0 Å². The van der Waals surface area contributed by atoms with E-state index in [1.165, 1.54) is 11.3 Å². The number of amides is 1. The Morgan fingerprint density at radius 3 is 2.68 bits per heavy atom. The van der Waals surface area contributed by atoms with Crippen LogP contribution in [0, 0.1) is 5.92 Å². The van der Waals surface area contributed by atoms with E-state index >= 15 is 0 Å². The molecule has 1 aromatic carbocycles. The molecule has 0 unspecified atom stereocenters. The van der Waals surface area contributed by atoms with Crippen molar-refractivity contribution >= 4 is 28.8 Å². The van der Waals surface area contributed by atoms with Gasteiger partial charge in [-0.1, -0.05) is 25.4 Å². The lowest BCUT2D eigenvalue weighted by molar-refractivity contribution is -0.135. The third-order valence-electron chi connectivity index (χ3n) is 3.50. The lowest BCUT2D eigenvalue weighted by Crippen LogP contribution is -2.36. The SMILES string of the molecule is COCCN(Cc1csc(COc2ccc(Cl)cc2)n1)C(=O)C(C)C. The molecule has 136 valence electrons. The minimum absolute atomic E-state index is 0.0526. The maximum Gasteiger partial charge on any atom is 0.225 e. The van der Waals surface area contributed by atoms with Crippen LogP contribution >= 0.6 is 22.9 Å². The first-order valence-corrected chi connectivity index (χ1v) is 9.34. The van der Waals surface area contributed by atoms with Crippen molar-refractivity contribution in [1.82, 2.24) is 9.88 Å². The lowest BCUT2D eigenvalue weighted by atomic mass is 10.2. The van der Waals surface area contributed by atoms with E-state index in [9.17, 15) is 4.79 Å². The molecule has 7 heteroatoms. The maximum absolute atomic E-state index is 12.3. The highest BCUT2D eigenvalue weighted by Crippen LogP contribution is 2.19. The number of halogens is 1. The number of nitrogens with zero attached hydrogens (tertiary/aromatic N) is 2. The normalized spacial score (nSPS) is 10.9. The van der Waals surface area contributed by atoms with Crippen LogP contribution in [0.4, 0.5) is 0 Å². The summed E-state index contributed by atoms with van der Waals surface area (Å²) in [6.45, 7) is 5.74. The molecular formula is C18H23ClN2O3S. The summed E-state index contributed by atoms with van der Waals surface area (Å²) in [4.78, 5) is 18.7. The third kappa shape index (κ3) is 6.30. The van der Waals surface area contributed by atoms with Gasteiger partial charge in [-0.3, -0.25) is 4.79 Å². The summed E-state index contributed by atoms with van der Waals surface area (Å²) in [5.41, 5.74) is 0.866. The van der Waals surface area contributed by atoms with Crippen molar-refractivity contribution in [3.05, 3.63) is 45.4 Å². The van der Waals surface area contributed by atoms with Crippen LogP contribution in [-0.2, 0) is 22.7 Å². The standard InChI is InChI=1S/C18H23ClN2O3S/c1-13(2)18(22)21(8-9-23-3)10-15-12-25-17(20-15)11-24-16-6-4-14(19)5-7-16/h4-7,12-13H,8-11H2,1-3H3. The molecule has 1 heterocycles. The Hall–Kier alpha value is -1.63. The van der Waals surface area contributed by atoms with Gasteiger partial charge in [-0.15, -0.1) is 11.3 Å². The van der Waals surface area contributed by atoms with Gasteiger partial charge in [-0.25, -0.2) is 4.98 Å². The number of methoxy groups -OCH3 is 1. The molecule has 0 N–H and O–H groups in total. The van der Waals surface area contributed by atoms with Crippen LogP contribution < -0.4 is 4.74 Å². The van der Waals surface area contributed by atoms with E-state index in [0.717, 1.165) is 16.5 Å². The summed E-state index contributed by atoms with van der Waals surface area (Å²) in [6.07, 6.45) is 0. The van der Waals surface area contributed by atoms with Crippen molar-refractivity contribution in [2.45, 2.75) is 27.0 Å². The number of aromatic nitrogens is 1. The second-order valence-electron chi connectivity index (χ2n) is 5.88. The molecule has 0 fully saturated rings. The van der Waals surface area contributed by atoms with Crippen LogP contribution in [-0.4, -0.2) is 36.1 Å². The fourth-order valence-corrected chi connectivity index (χ4v) is 3.02. The van der Waals surface area contributed by atoms with Gasteiger partial charge >= 0.3 is 0 Å². The fourth-order valence-electron chi connectivity index (χ4n) is 2.19. The molecule has 2 aromatic rings. The second kappa shape index (κ2) is 9.75. The van der Waals surface area contributed by atoms with Crippen LogP contribution in [0.3, 0.4) is 0 Å². The zero-order chi connectivity index (χ0) is 18.2. The van der Waals surface area contributed by atoms with Crippen LogP contribution in [0.1, 0.15) is 24.5 Å². The average Bonchev–Trinajstić information content (AvgIpc) is 3.05. The number of rotatable bonds is 9.